The van der Waals surface area contributed by atoms with E-state index in [9.17, 15) is 10.1 Å². The summed E-state index contributed by atoms with van der Waals surface area (Å²) in [7, 11) is 0. The molecule has 1 saturated carbocycles. The molecular weight excluding hydrogens is 262 g/mol. The van der Waals surface area contributed by atoms with Crippen LogP contribution in [0.5, 0.6) is 0 Å². The number of nitrogens with zero attached hydrogens (tertiary/aromatic N) is 1. The van der Waals surface area contributed by atoms with E-state index in [1.165, 1.54) is 50.7 Å². The van der Waals surface area contributed by atoms with E-state index in [-0.39, 0.29) is 11.8 Å². The van der Waals surface area contributed by atoms with Gasteiger partial charge in [0, 0.05) is 29.9 Å². The summed E-state index contributed by atoms with van der Waals surface area (Å²) in [5, 5.41) is 10.5. The molecule has 0 saturated heterocycles. The third kappa shape index (κ3) is 6.59. The molecule has 0 heterocycles. The summed E-state index contributed by atoms with van der Waals surface area (Å²) in [6.07, 6.45) is 12.3. The van der Waals surface area contributed by atoms with Crippen LogP contribution in [-0.2, 0) is 4.18 Å². The van der Waals surface area contributed by atoms with Crippen LogP contribution in [0.1, 0.15) is 45.4 Å². The summed E-state index contributed by atoms with van der Waals surface area (Å²) in [4.78, 5) is 10.9. The van der Waals surface area contributed by atoms with Crippen molar-refractivity contribution in [1.82, 2.24) is 0 Å². The first-order valence-electron chi connectivity index (χ1n) is 6.62. The Bertz CT molecular complexity index is 369. The molecule has 5 heteroatoms. The van der Waals surface area contributed by atoms with E-state index in [0.29, 0.717) is 0 Å². The summed E-state index contributed by atoms with van der Waals surface area (Å²) >= 11 is 1.27. The molecule has 0 amide bonds. The van der Waals surface area contributed by atoms with E-state index in [1.807, 2.05) is 0 Å². The van der Waals surface area contributed by atoms with Crippen molar-refractivity contribution in [2.45, 2.75) is 51.6 Å². The molecule has 106 valence electrons. The van der Waals surface area contributed by atoms with Crippen molar-refractivity contribution in [1.29, 1.82) is 0 Å². The van der Waals surface area contributed by atoms with E-state index >= 15 is 0 Å². The Morgan fingerprint density at radius 3 is 2.47 bits per heavy atom. The SMILES string of the molecule is C=C/C(=C\C=C(/C)[N+](=O)[O-])SOC1CCCCCC1. The highest BCUT2D eigenvalue weighted by Gasteiger charge is 2.13. The molecule has 0 N–H and O–H groups in total. The van der Waals surface area contributed by atoms with E-state index in [2.05, 4.69) is 6.58 Å². The predicted molar refractivity (Wildman–Crippen MR) is 79.2 cm³/mol. The lowest BCUT2D eigenvalue weighted by atomic mass is 10.2. The van der Waals surface area contributed by atoms with Crippen LogP contribution >= 0.6 is 12.0 Å². The summed E-state index contributed by atoms with van der Waals surface area (Å²) in [5.74, 6) is 0. The molecule has 0 aromatic carbocycles. The largest absolute Gasteiger partial charge is 0.307 e. The standard InChI is InChI=1S/C14H21NO3S/c1-3-14(11-10-12(2)15(16)17)19-18-13-8-6-4-5-7-9-13/h3,10-11,13H,1,4-9H2,2H3/b12-10+,14-11+. The lowest BCUT2D eigenvalue weighted by Gasteiger charge is -2.13. The molecule has 1 fully saturated rings. The number of nitro groups is 1. The van der Waals surface area contributed by atoms with Crippen molar-refractivity contribution in [3.8, 4) is 0 Å². The van der Waals surface area contributed by atoms with Crippen LogP contribution in [-0.4, -0.2) is 11.0 Å². The first-order valence-corrected chi connectivity index (χ1v) is 7.36. The van der Waals surface area contributed by atoms with E-state index in [0.717, 1.165) is 17.7 Å². The van der Waals surface area contributed by atoms with Gasteiger partial charge in [-0.05, 0) is 18.9 Å². The third-order valence-electron chi connectivity index (χ3n) is 3.06. The van der Waals surface area contributed by atoms with Gasteiger partial charge in [0.05, 0.1) is 11.0 Å². The van der Waals surface area contributed by atoms with Gasteiger partial charge in [0.15, 0.2) is 0 Å². The van der Waals surface area contributed by atoms with E-state index in [1.54, 1.807) is 12.2 Å². The van der Waals surface area contributed by atoms with Crippen molar-refractivity contribution < 1.29 is 9.11 Å². The maximum absolute atomic E-state index is 10.5. The van der Waals surface area contributed by atoms with Crippen molar-refractivity contribution in [3.05, 3.63) is 45.5 Å². The predicted octanol–water partition coefficient (Wildman–Crippen LogP) is 4.62. The van der Waals surface area contributed by atoms with Gasteiger partial charge in [0.25, 0.3) is 0 Å². The number of hydrogen-bond acceptors (Lipinski definition) is 4. The van der Waals surface area contributed by atoms with Gasteiger partial charge in [0.2, 0.25) is 5.70 Å². The molecule has 0 aromatic rings. The van der Waals surface area contributed by atoms with Gasteiger partial charge >= 0.3 is 0 Å². The van der Waals surface area contributed by atoms with Gasteiger partial charge in [-0.1, -0.05) is 38.3 Å². The quantitative estimate of drug-likeness (QED) is 0.234. The highest BCUT2D eigenvalue weighted by molar-refractivity contribution is 7.98. The van der Waals surface area contributed by atoms with Crippen molar-refractivity contribution in [2.24, 2.45) is 0 Å². The first-order chi connectivity index (χ1) is 9.13. The van der Waals surface area contributed by atoms with Crippen molar-refractivity contribution in [3.63, 3.8) is 0 Å². The Labute approximate surface area is 119 Å². The summed E-state index contributed by atoms with van der Waals surface area (Å²) < 4.78 is 5.79. The van der Waals surface area contributed by atoms with Crippen molar-refractivity contribution >= 4 is 12.0 Å². The zero-order chi connectivity index (χ0) is 14.1. The van der Waals surface area contributed by atoms with Crippen LogP contribution in [0.3, 0.4) is 0 Å². The molecule has 0 radical (unpaired) electrons. The second-order valence-corrected chi connectivity index (χ2v) is 5.46. The number of rotatable bonds is 6. The van der Waals surface area contributed by atoms with Crippen LogP contribution in [0.4, 0.5) is 0 Å². The van der Waals surface area contributed by atoms with E-state index < -0.39 is 4.92 Å². The monoisotopic (exact) mass is 283 g/mol. The molecule has 0 spiro atoms. The molecule has 0 unspecified atom stereocenters. The first kappa shape index (κ1) is 16.0. The van der Waals surface area contributed by atoms with Crippen LogP contribution in [0.25, 0.3) is 0 Å². The maximum Gasteiger partial charge on any atom is 0.243 e. The second-order valence-electron chi connectivity index (χ2n) is 4.63. The summed E-state index contributed by atoms with van der Waals surface area (Å²) in [6.45, 7) is 5.16. The average Bonchev–Trinajstić information content (AvgIpc) is 2.67. The van der Waals surface area contributed by atoms with Gasteiger partial charge in [-0.2, -0.15) is 0 Å². The summed E-state index contributed by atoms with van der Waals surface area (Å²) in [6, 6.07) is 0. The fourth-order valence-corrected chi connectivity index (χ4v) is 2.49. The average molecular weight is 283 g/mol. The van der Waals surface area contributed by atoms with Gasteiger partial charge in [-0.25, -0.2) is 0 Å². The Morgan fingerprint density at radius 2 is 1.95 bits per heavy atom. The maximum atomic E-state index is 10.5. The fourth-order valence-electron chi connectivity index (χ4n) is 1.86. The molecular formula is C14H21NO3S. The Morgan fingerprint density at radius 1 is 1.32 bits per heavy atom. The Kier molecular flexibility index (Phi) is 7.52. The molecule has 0 bridgehead atoms. The van der Waals surface area contributed by atoms with Crippen LogP contribution in [0, 0.1) is 10.1 Å². The highest BCUT2D eigenvalue weighted by atomic mass is 32.2. The van der Waals surface area contributed by atoms with E-state index in [4.69, 9.17) is 4.18 Å². The van der Waals surface area contributed by atoms with Crippen LogP contribution < -0.4 is 0 Å². The molecule has 0 aromatic heterocycles. The highest BCUT2D eigenvalue weighted by Crippen LogP contribution is 2.27. The zero-order valence-electron chi connectivity index (χ0n) is 11.3. The zero-order valence-corrected chi connectivity index (χ0v) is 12.2. The Balaban J connectivity index is 2.47. The summed E-state index contributed by atoms with van der Waals surface area (Å²) in [5.41, 5.74) is 0.106. The van der Waals surface area contributed by atoms with Crippen molar-refractivity contribution in [2.75, 3.05) is 0 Å². The molecule has 1 rings (SSSR count). The molecule has 4 nitrogen and oxygen atoms in total. The number of allylic oxidation sites excluding steroid dienone is 4. The molecule has 0 aliphatic heterocycles. The molecule has 19 heavy (non-hydrogen) atoms. The minimum atomic E-state index is -0.409. The van der Waals surface area contributed by atoms with Gasteiger partial charge < -0.3 is 4.18 Å². The molecule has 0 atom stereocenters. The third-order valence-corrected chi connectivity index (χ3v) is 3.92. The van der Waals surface area contributed by atoms with Gasteiger partial charge in [-0.3, -0.25) is 10.1 Å². The molecule has 1 aliphatic carbocycles. The van der Waals surface area contributed by atoms with Gasteiger partial charge in [-0.15, -0.1) is 0 Å². The second kappa shape index (κ2) is 8.93. The minimum Gasteiger partial charge on any atom is -0.307 e. The van der Waals surface area contributed by atoms with Gasteiger partial charge in [0.1, 0.15) is 0 Å². The minimum absolute atomic E-state index is 0.106. The Hall–Kier alpha value is -1.07. The van der Waals surface area contributed by atoms with Crippen LogP contribution in [0.2, 0.25) is 0 Å². The normalized spacial score (nSPS) is 19.0. The molecule has 1 aliphatic rings. The number of hydrogen-bond donors (Lipinski definition) is 0. The lowest BCUT2D eigenvalue weighted by Crippen LogP contribution is -2.06. The lowest BCUT2D eigenvalue weighted by molar-refractivity contribution is -0.424. The topological polar surface area (TPSA) is 52.4 Å². The van der Waals surface area contributed by atoms with Crippen LogP contribution in [0.15, 0.2) is 35.4 Å². The fraction of sp³-hybridized carbons (Fsp3) is 0.571. The smallest absolute Gasteiger partial charge is 0.243 e.